The second-order valence-electron chi connectivity index (χ2n) is 7.14. The van der Waals surface area contributed by atoms with Gasteiger partial charge in [0, 0.05) is 8.07 Å². The molecule has 0 aliphatic carbocycles. The van der Waals surface area contributed by atoms with Gasteiger partial charge in [-0.1, -0.05) is 50.2 Å². The Labute approximate surface area is 114 Å². The van der Waals surface area contributed by atoms with Crippen LogP contribution in [0.1, 0.15) is 20.3 Å². The maximum Gasteiger partial charge on any atom is 0.140 e. The van der Waals surface area contributed by atoms with Crippen molar-refractivity contribution in [3.05, 3.63) is 11.8 Å². The van der Waals surface area contributed by atoms with Crippen molar-refractivity contribution >= 4 is 27.7 Å². The number of ketones is 2. The minimum Gasteiger partial charge on any atom is -0.299 e. The number of Topliss-reactive ketones (excluding diaryl/α,β-unsaturated/α-hetero) is 2. The summed E-state index contributed by atoms with van der Waals surface area (Å²) in [6.45, 7) is 14.9. The van der Waals surface area contributed by atoms with Crippen LogP contribution in [0.4, 0.5) is 0 Å². The molecular weight excluding hydrogens is 256 g/mol. The van der Waals surface area contributed by atoms with Crippen LogP contribution in [-0.4, -0.2) is 27.7 Å². The van der Waals surface area contributed by atoms with Crippen LogP contribution in [0.3, 0.4) is 0 Å². The van der Waals surface area contributed by atoms with E-state index in [-0.39, 0.29) is 11.6 Å². The molecule has 0 radical (unpaired) electrons. The van der Waals surface area contributed by atoms with Crippen molar-refractivity contribution in [1.29, 1.82) is 0 Å². The fourth-order valence-corrected chi connectivity index (χ4v) is 14.7. The Morgan fingerprint density at radius 1 is 1.00 bits per heavy atom. The van der Waals surface area contributed by atoms with Crippen molar-refractivity contribution in [1.82, 2.24) is 0 Å². The SMILES string of the molecule is CC(=O)C(CC=C[Si](C)(C)C[Si](C)(C)C)C(C)=O. The lowest BCUT2D eigenvalue weighted by Crippen LogP contribution is -2.35. The maximum atomic E-state index is 11.3. The van der Waals surface area contributed by atoms with Gasteiger partial charge in [0.15, 0.2) is 0 Å². The van der Waals surface area contributed by atoms with Gasteiger partial charge in [0.1, 0.15) is 11.6 Å². The number of allylic oxidation sites excluding steroid dienone is 1. The van der Waals surface area contributed by atoms with Gasteiger partial charge in [-0.2, -0.15) is 0 Å². The van der Waals surface area contributed by atoms with Crippen molar-refractivity contribution in [2.75, 3.05) is 0 Å². The van der Waals surface area contributed by atoms with Crippen molar-refractivity contribution in [2.45, 2.75) is 58.7 Å². The monoisotopic (exact) mass is 284 g/mol. The molecule has 0 spiro atoms. The van der Waals surface area contributed by atoms with Crippen molar-refractivity contribution in [3.63, 3.8) is 0 Å². The summed E-state index contributed by atoms with van der Waals surface area (Å²) in [5.74, 6) is -0.466. The predicted octanol–water partition coefficient (Wildman–Crippen LogP) is 3.85. The fourth-order valence-electron chi connectivity index (χ4n) is 2.57. The van der Waals surface area contributed by atoms with E-state index < -0.39 is 22.1 Å². The molecule has 0 amide bonds. The van der Waals surface area contributed by atoms with Crippen LogP contribution < -0.4 is 0 Å². The van der Waals surface area contributed by atoms with Crippen LogP contribution in [-0.2, 0) is 9.59 Å². The highest BCUT2D eigenvalue weighted by Gasteiger charge is 2.26. The van der Waals surface area contributed by atoms with Gasteiger partial charge in [-0.05, 0) is 20.3 Å². The Hall–Kier alpha value is -0.486. The van der Waals surface area contributed by atoms with Gasteiger partial charge in [0.05, 0.1) is 14.0 Å². The normalized spacial score (nSPS) is 13.3. The largest absolute Gasteiger partial charge is 0.299 e. The smallest absolute Gasteiger partial charge is 0.140 e. The third kappa shape index (κ3) is 7.77. The molecule has 0 rings (SSSR count). The lowest BCUT2D eigenvalue weighted by atomic mass is 9.97. The third-order valence-corrected chi connectivity index (χ3v) is 11.9. The molecule has 0 N–H and O–H groups in total. The highest BCUT2D eigenvalue weighted by atomic mass is 28.4. The van der Waals surface area contributed by atoms with Gasteiger partial charge >= 0.3 is 0 Å². The highest BCUT2D eigenvalue weighted by Crippen LogP contribution is 2.21. The van der Waals surface area contributed by atoms with E-state index in [1.807, 2.05) is 0 Å². The highest BCUT2D eigenvalue weighted by molar-refractivity contribution is 6.97. The van der Waals surface area contributed by atoms with E-state index >= 15 is 0 Å². The van der Waals surface area contributed by atoms with Crippen molar-refractivity contribution < 1.29 is 9.59 Å². The first-order valence-electron chi connectivity index (χ1n) is 6.63. The first kappa shape index (κ1) is 17.5. The molecule has 0 heterocycles. The Morgan fingerprint density at radius 3 is 1.78 bits per heavy atom. The fraction of sp³-hybridized carbons (Fsp3) is 0.714. The van der Waals surface area contributed by atoms with Crippen molar-refractivity contribution in [3.8, 4) is 0 Å². The quantitative estimate of drug-likeness (QED) is 0.525. The first-order chi connectivity index (χ1) is 7.94. The van der Waals surface area contributed by atoms with E-state index in [2.05, 4.69) is 44.5 Å². The number of hydrogen-bond acceptors (Lipinski definition) is 2. The summed E-state index contributed by atoms with van der Waals surface area (Å²) in [4.78, 5) is 22.7. The summed E-state index contributed by atoms with van der Waals surface area (Å²) in [6.07, 6.45) is 2.65. The molecule has 18 heavy (non-hydrogen) atoms. The van der Waals surface area contributed by atoms with Crippen LogP contribution in [0.5, 0.6) is 0 Å². The van der Waals surface area contributed by atoms with Gasteiger partial charge in [-0.25, -0.2) is 0 Å². The Bertz CT molecular complexity index is 324. The Balaban J connectivity index is 4.55. The maximum absolute atomic E-state index is 11.3. The minimum atomic E-state index is -1.32. The molecule has 2 nitrogen and oxygen atoms in total. The third-order valence-electron chi connectivity index (χ3n) is 2.91. The van der Waals surface area contributed by atoms with Crippen LogP contribution in [0, 0.1) is 5.92 Å². The van der Waals surface area contributed by atoms with E-state index in [9.17, 15) is 9.59 Å². The van der Waals surface area contributed by atoms with E-state index in [0.717, 1.165) is 0 Å². The van der Waals surface area contributed by atoms with Crippen LogP contribution in [0.15, 0.2) is 11.8 Å². The Kier molecular flexibility index (Phi) is 6.44. The molecule has 4 heteroatoms. The van der Waals surface area contributed by atoms with Crippen LogP contribution in [0.2, 0.25) is 38.4 Å². The zero-order chi connectivity index (χ0) is 14.6. The van der Waals surface area contributed by atoms with E-state index in [0.29, 0.717) is 6.42 Å². The summed E-state index contributed by atoms with van der Waals surface area (Å²) < 4.78 is 0. The number of carbonyl (C=O) groups is 2. The predicted molar refractivity (Wildman–Crippen MR) is 84.2 cm³/mol. The summed E-state index contributed by atoms with van der Waals surface area (Å²) in [6, 6.07) is 0. The molecule has 0 aliphatic rings. The summed E-state index contributed by atoms with van der Waals surface area (Å²) >= 11 is 0. The van der Waals surface area contributed by atoms with Gasteiger partial charge < -0.3 is 0 Å². The molecule has 0 saturated carbocycles. The zero-order valence-corrected chi connectivity index (χ0v) is 15.0. The average Bonchev–Trinajstić information content (AvgIpc) is 2.06. The first-order valence-corrected chi connectivity index (χ1v) is 13.6. The van der Waals surface area contributed by atoms with Crippen molar-refractivity contribution in [2.24, 2.45) is 5.92 Å². The topological polar surface area (TPSA) is 34.1 Å². The molecule has 0 aliphatic heterocycles. The average molecular weight is 285 g/mol. The number of rotatable bonds is 7. The second-order valence-corrected chi connectivity index (χ2v) is 18.0. The zero-order valence-electron chi connectivity index (χ0n) is 13.0. The minimum absolute atomic E-state index is 0.0168. The van der Waals surface area contributed by atoms with Crippen LogP contribution in [0.25, 0.3) is 0 Å². The van der Waals surface area contributed by atoms with E-state index in [4.69, 9.17) is 0 Å². The molecule has 104 valence electrons. The molecule has 0 fully saturated rings. The summed E-state index contributed by atoms with van der Waals surface area (Å²) in [5, 5.41) is 0. The summed E-state index contributed by atoms with van der Waals surface area (Å²) in [5.41, 5.74) is 3.66. The second kappa shape index (κ2) is 6.61. The molecule has 0 aromatic rings. The number of hydrogen-bond donors (Lipinski definition) is 0. The molecule has 0 aromatic heterocycles. The van der Waals surface area contributed by atoms with Gasteiger partial charge in [-0.15, -0.1) is 0 Å². The van der Waals surface area contributed by atoms with Gasteiger partial charge in [0.2, 0.25) is 0 Å². The molecule has 0 atom stereocenters. The molecular formula is C14H28O2Si2. The van der Waals surface area contributed by atoms with E-state index in [1.165, 1.54) is 19.5 Å². The van der Waals surface area contributed by atoms with E-state index in [1.54, 1.807) is 0 Å². The standard InChI is InChI=1S/C14H28O2Si2/c1-12(15)14(13(2)16)9-8-10-18(6,7)11-17(3,4)5/h8,10,14H,9,11H2,1-7H3. The lowest BCUT2D eigenvalue weighted by molar-refractivity contribution is -0.130. The number of carbonyl (C=O) groups excluding carboxylic acids is 2. The van der Waals surface area contributed by atoms with Gasteiger partial charge in [0.25, 0.3) is 0 Å². The lowest BCUT2D eigenvalue weighted by Gasteiger charge is -2.26. The summed E-state index contributed by atoms with van der Waals surface area (Å²) in [7, 11) is -2.35. The molecule has 0 bridgehead atoms. The molecule has 0 unspecified atom stereocenters. The molecule has 0 aromatic carbocycles. The Morgan fingerprint density at radius 2 is 1.44 bits per heavy atom. The van der Waals surface area contributed by atoms with Crippen LogP contribution >= 0.6 is 0 Å². The van der Waals surface area contributed by atoms with Gasteiger partial charge in [-0.3, -0.25) is 9.59 Å². The molecule has 0 saturated heterocycles.